The van der Waals surface area contributed by atoms with Gasteiger partial charge in [0, 0.05) is 17.8 Å². The van der Waals surface area contributed by atoms with Gasteiger partial charge in [-0.25, -0.2) is 0 Å². The molecule has 5 aliphatic rings. The molecule has 2 heterocycles. The average Bonchev–Trinajstić information content (AvgIpc) is 3.00. The minimum absolute atomic E-state index is 0.0157. The van der Waals surface area contributed by atoms with E-state index in [1.54, 1.807) is 7.11 Å². The predicted molar refractivity (Wildman–Crippen MR) is 114 cm³/mol. The largest absolute Gasteiger partial charge is 0.497 e. The molecule has 2 saturated carbocycles. The van der Waals surface area contributed by atoms with Crippen LogP contribution in [0, 0.1) is 10.8 Å². The number of ether oxygens (including phenoxy) is 2. The van der Waals surface area contributed by atoms with Gasteiger partial charge in [-0.05, 0) is 59.6 Å². The van der Waals surface area contributed by atoms with E-state index in [0.29, 0.717) is 11.3 Å². The highest BCUT2D eigenvalue weighted by atomic mass is 28.4. The predicted octanol–water partition coefficient (Wildman–Crippen LogP) is 6.20. The van der Waals surface area contributed by atoms with Crippen LogP contribution in [0.15, 0.2) is 18.2 Å². The van der Waals surface area contributed by atoms with Gasteiger partial charge in [0.25, 0.3) is 0 Å². The van der Waals surface area contributed by atoms with E-state index in [1.807, 2.05) is 0 Å². The van der Waals surface area contributed by atoms with Gasteiger partial charge in [0.2, 0.25) is 0 Å². The molecule has 1 saturated heterocycles. The molecule has 0 aromatic heterocycles. The molecule has 3 aliphatic carbocycles. The van der Waals surface area contributed by atoms with Crippen molar-refractivity contribution in [3.05, 3.63) is 29.3 Å². The molecule has 2 aliphatic heterocycles. The number of rotatable bonds is 3. The molecule has 4 bridgehead atoms. The van der Waals surface area contributed by atoms with E-state index in [9.17, 15) is 0 Å². The van der Waals surface area contributed by atoms with Gasteiger partial charge in [-0.3, -0.25) is 0 Å². The number of methoxy groups -OCH3 is 1. The Morgan fingerprint density at radius 2 is 1.82 bits per heavy atom. The van der Waals surface area contributed by atoms with Gasteiger partial charge in [-0.15, -0.1) is 0 Å². The molecular formula is C24H36O3Si. The van der Waals surface area contributed by atoms with Crippen molar-refractivity contribution >= 4 is 8.32 Å². The quantitative estimate of drug-likeness (QED) is 0.565. The summed E-state index contributed by atoms with van der Waals surface area (Å²) in [6.45, 7) is 16.7. The molecule has 28 heavy (non-hydrogen) atoms. The van der Waals surface area contributed by atoms with Crippen LogP contribution in [0.25, 0.3) is 0 Å². The zero-order valence-corrected chi connectivity index (χ0v) is 19.8. The van der Waals surface area contributed by atoms with Crippen molar-refractivity contribution in [3.8, 4) is 5.75 Å². The molecule has 3 fully saturated rings. The van der Waals surface area contributed by atoms with Crippen LogP contribution in [-0.2, 0) is 9.16 Å². The monoisotopic (exact) mass is 400 g/mol. The maximum atomic E-state index is 7.03. The van der Waals surface area contributed by atoms with Crippen LogP contribution in [0.4, 0.5) is 0 Å². The summed E-state index contributed by atoms with van der Waals surface area (Å²) < 4.78 is 19.3. The Kier molecular flexibility index (Phi) is 3.59. The minimum atomic E-state index is -1.82. The van der Waals surface area contributed by atoms with Gasteiger partial charge in [0.1, 0.15) is 5.75 Å². The van der Waals surface area contributed by atoms with Crippen LogP contribution in [0.5, 0.6) is 5.75 Å². The summed E-state index contributed by atoms with van der Waals surface area (Å²) in [5.74, 6) is 1.49. The zero-order valence-electron chi connectivity index (χ0n) is 18.8. The first-order chi connectivity index (χ1) is 12.9. The standard InChI is InChI=1S/C24H36O3Si/c1-21(2,3)28(7,8)27-19-13-24-20-16-10-9-15(25-6)11-17(16)18(26-24)12-23(20,24)14-22(19,4)5/h9-11,18-20H,12-14H2,1-8H3/t18-,19?,20-,23-,24-/m0/s1. The Balaban J connectivity index is 1.50. The van der Waals surface area contributed by atoms with Gasteiger partial charge >= 0.3 is 0 Å². The van der Waals surface area contributed by atoms with Crippen LogP contribution < -0.4 is 4.74 Å². The Hall–Kier alpha value is -0.843. The first kappa shape index (κ1) is 19.1. The van der Waals surface area contributed by atoms with Gasteiger partial charge < -0.3 is 13.9 Å². The molecule has 154 valence electrons. The number of hydrogen-bond donors (Lipinski definition) is 0. The second-order valence-corrected chi connectivity index (χ2v) is 16.8. The minimum Gasteiger partial charge on any atom is -0.497 e. The van der Waals surface area contributed by atoms with E-state index in [-0.39, 0.29) is 28.3 Å². The number of hydrogen-bond acceptors (Lipinski definition) is 3. The Labute approximate surface area is 171 Å². The summed E-state index contributed by atoms with van der Waals surface area (Å²) in [6, 6.07) is 6.65. The molecule has 0 amide bonds. The lowest BCUT2D eigenvalue weighted by molar-refractivity contribution is -0.0802. The lowest BCUT2D eigenvalue weighted by Crippen LogP contribution is -2.52. The summed E-state index contributed by atoms with van der Waals surface area (Å²) in [6.07, 6.45) is 3.96. The molecule has 0 N–H and O–H groups in total. The van der Waals surface area contributed by atoms with Gasteiger partial charge in [-0.2, -0.15) is 0 Å². The molecule has 2 spiro atoms. The van der Waals surface area contributed by atoms with Crippen LogP contribution in [0.3, 0.4) is 0 Å². The Morgan fingerprint density at radius 3 is 2.46 bits per heavy atom. The fraction of sp³-hybridized carbons (Fsp3) is 0.750. The van der Waals surface area contributed by atoms with Crippen LogP contribution in [-0.4, -0.2) is 27.1 Å². The summed E-state index contributed by atoms with van der Waals surface area (Å²) in [4.78, 5) is 0. The maximum absolute atomic E-state index is 7.03. The van der Waals surface area contributed by atoms with Gasteiger partial charge in [-0.1, -0.05) is 40.7 Å². The summed E-state index contributed by atoms with van der Waals surface area (Å²) in [5.41, 5.74) is 3.43. The van der Waals surface area contributed by atoms with Crippen molar-refractivity contribution in [2.45, 2.75) is 95.7 Å². The van der Waals surface area contributed by atoms with E-state index >= 15 is 0 Å². The van der Waals surface area contributed by atoms with Gasteiger partial charge in [0.05, 0.1) is 24.9 Å². The van der Waals surface area contributed by atoms with Crippen LogP contribution in [0.2, 0.25) is 18.1 Å². The summed E-state index contributed by atoms with van der Waals surface area (Å²) in [7, 11) is -0.0716. The summed E-state index contributed by atoms with van der Waals surface area (Å²) in [5, 5.41) is 0.234. The van der Waals surface area contributed by atoms with Crippen molar-refractivity contribution in [2.75, 3.05) is 7.11 Å². The number of benzene rings is 1. The van der Waals surface area contributed by atoms with E-state index in [0.717, 1.165) is 12.2 Å². The fourth-order valence-corrected chi connectivity index (χ4v) is 8.05. The Morgan fingerprint density at radius 1 is 1.11 bits per heavy atom. The molecule has 1 unspecified atom stereocenters. The third-order valence-electron chi connectivity index (χ3n) is 9.01. The highest BCUT2D eigenvalue weighted by Gasteiger charge is 2.87. The fourth-order valence-electron chi connectivity index (χ4n) is 6.59. The third-order valence-corrected chi connectivity index (χ3v) is 13.5. The summed E-state index contributed by atoms with van der Waals surface area (Å²) >= 11 is 0. The van der Waals surface area contributed by atoms with E-state index in [1.165, 1.54) is 24.0 Å². The van der Waals surface area contributed by atoms with Crippen LogP contribution >= 0.6 is 0 Å². The molecule has 5 atom stereocenters. The second kappa shape index (κ2) is 5.25. The van der Waals surface area contributed by atoms with Crippen LogP contribution in [0.1, 0.15) is 77.0 Å². The normalized spacial score (nSPS) is 39.9. The highest BCUT2D eigenvalue weighted by molar-refractivity contribution is 6.74. The SMILES string of the molecule is COc1ccc2c(c1)[C@@H]1C[C@@]34CC(C)(C)C(O[Si](C)(C)C(C)(C)C)C[C@]3(O1)[C@@H]24. The lowest BCUT2D eigenvalue weighted by Gasteiger charge is -2.48. The first-order valence-electron chi connectivity index (χ1n) is 10.9. The maximum Gasteiger partial charge on any atom is 0.192 e. The van der Waals surface area contributed by atoms with Crippen molar-refractivity contribution in [1.82, 2.24) is 0 Å². The van der Waals surface area contributed by atoms with Crippen molar-refractivity contribution < 1.29 is 13.9 Å². The smallest absolute Gasteiger partial charge is 0.192 e. The molecule has 1 aromatic rings. The molecule has 3 nitrogen and oxygen atoms in total. The van der Waals surface area contributed by atoms with Crippen molar-refractivity contribution in [1.29, 1.82) is 0 Å². The molecule has 4 heteroatoms. The molecule has 0 radical (unpaired) electrons. The van der Waals surface area contributed by atoms with E-state index < -0.39 is 8.32 Å². The first-order valence-corrected chi connectivity index (χ1v) is 13.8. The van der Waals surface area contributed by atoms with E-state index in [4.69, 9.17) is 13.9 Å². The average molecular weight is 401 g/mol. The second-order valence-electron chi connectivity index (χ2n) is 12.0. The van der Waals surface area contributed by atoms with Crippen molar-refractivity contribution in [3.63, 3.8) is 0 Å². The topological polar surface area (TPSA) is 27.7 Å². The van der Waals surface area contributed by atoms with Gasteiger partial charge in [0.15, 0.2) is 8.32 Å². The lowest BCUT2D eigenvalue weighted by atomic mass is 9.67. The third kappa shape index (κ3) is 2.17. The van der Waals surface area contributed by atoms with Crippen molar-refractivity contribution in [2.24, 2.45) is 10.8 Å². The highest BCUT2D eigenvalue weighted by Crippen LogP contribution is 2.87. The molecule has 1 aromatic carbocycles. The molecule has 6 rings (SSSR count). The Bertz CT molecular complexity index is 839. The van der Waals surface area contributed by atoms with E-state index in [2.05, 4.69) is 65.9 Å². The zero-order chi connectivity index (χ0) is 20.3. The molecular weight excluding hydrogens is 364 g/mol.